The molecule has 0 aromatic heterocycles. The maximum Gasteiger partial charge on any atom is 0.265 e. The van der Waals surface area contributed by atoms with E-state index in [0.29, 0.717) is 12.4 Å². The van der Waals surface area contributed by atoms with Gasteiger partial charge < -0.3 is 9.47 Å². The summed E-state index contributed by atoms with van der Waals surface area (Å²) in [7, 11) is -2.58. The van der Waals surface area contributed by atoms with E-state index in [-0.39, 0.29) is 39.1 Å². The molecular weight excluding hydrogens is 354 g/mol. The Morgan fingerprint density at radius 1 is 1.08 bits per heavy atom. The van der Waals surface area contributed by atoms with Gasteiger partial charge in [0.05, 0.1) is 5.56 Å². The third-order valence-electron chi connectivity index (χ3n) is 4.07. The van der Waals surface area contributed by atoms with Crippen LogP contribution in [0.1, 0.15) is 15.9 Å². The first-order valence-corrected chi connectivity index (χ1v) is 8.99. The largest absolute Gasteiger partial charge is 0.486 e. The molecule has 8 heteroatoms. The maximum atomic E-state index is 13.0. The summed E-state index contributed by atoms with van der Waals surface area (Å²) in [6, 6.07) is 7.39. The van der Waals surface area contributed by atoms with E-state index < -0.39 is 15.8 Å². The highest BCUT2D eigenvalue weighted by atomic mass is 35.5. The normalized spacial score (nSPS) is 17.8. The molecule has 2 heterocycles. The van der Waals surface area contributed by atoms with Gasteiger partial charge in [0, 0.05) is 17.6 Å². The lowest BCUT2D eigenvalue weighted by Crippen LogP contribution is -2.28. The average Bonchev–Trinajstić information content (AvgIpc) is 2.64. The summed E-state index contributed by atoms with van der Waals surface area (Å²) in [5.74, 6) is 0.275. The highest BCUT2D eigenvalue weighted by Gasteiger charge is 2.38. The third kappa shape index (κ3) is 2.01. The van der Waals surface area contributed by atoms with Crippen LogP contribution in [-0.4, -0.2) is 34.5 Å². The third-order valence-corrected chi connectivity index (χ3v) is 6.10. The molecule has 6 nitrogen and oxygen atoms in total. The Labute approximate surface area is 143 Å². The van der Waals surface area contributed by atoms with E-state index in [1.165, 1.54) is 25.2 Å². The van der Waals surface area contributed by atoms with E-state index in [1.54, 1.807) is 12.1 Å². The number of rotatable bonds is 0. The number of hydrogen-bond donors (Lipinski definition) is 0. The van der Waals surface area contributed by atoms with Crippen molar-refractivity contribution in [3.05, 3.63) is 46.5 Å². The number of ether oxygens (including phenoxy) is 2. The van der Waals surface area contributed by atoms with Crippen LogP contribution in [0.25, 0.3) is 0 Å². The Morgan fingerprint density at radius 3 is 2.58 bits per heavy atom. The Balaban J connectivity index is 2.08. The van der Waals surface area contributed by atoms with Gasteiger partial charge in [0.2, 0.25) is 0 Å². The van der Waals surface area contributed by atoms with Crippen LogP contribution in [0.2, 0.25) is 5.02 Å². The molecule has 0 spiro atoms. The average molecular weight is 366 g/mol. The van der Waals surface area contributed by atoms with Crippen LogP contribution in [0.15, 0.2) is 35.2 Å². The van der Waals surface area contributed by atoms with Gasteiger partial charge in [-0.3, -0.25) is 9.10 Å². The number of hydrogen-bond acceptors (Lipinski definition) is 5. The van der Waals surface area contributed by atoms with Crippen molar-refractivity contribution >= 4 is 33.1 Å². The fourth-order valence-electron chi connectivity index (χ4n) is 2.91. The SMILES string of the molecule is CN1c2c(ccc3c2OCCO3)C(=O)c2ccc(Cl)cc2S1(=O)=O. The minimum absolute atomic E-state index is 0.0849. The Bertz CT molecular complexity index is 986. The highest BCUT2D eigenvalue weighted by Crippen LogP contribution is 2.46. The van der Waals surface area contributed by atoms with Gasteiger partial charge in [-0.1, -0.05) is 11.6 Å². The highest BCUT2D eigenvalue weighted by molar-refractivity contribution is 7.93. The molecule has 0 saturated heterocycles. The van der Waals surface area contributed by atoms with E-state index >= 15 is 0 Å². The number of halogens is 1. The summed E-state index contributed by atoms with van der Waals surface area (Å²) < 4.78 is 38.1. The lowest BCUT2D eigenvalue weighted by Gasteiger charge is -2.26. The summed E-state index contributed by atoms with van der Waals surface area (Å²) in [6.07, 6.45) is 0. The van der Waals surface area contributed by atoms with Crippen molar-refractivity contribution in [3.8, 4) is 11.5 Å². The topological polar surface area (TPSA) is 72.9 Å². The molecule has 2 aromatic rings. The lowest BCUT2D eigenvalue weighted by molar-refractivity contribution is 0.103. The second-order valence-corrected chi connectivity index (χ2v) is 7.80. The number of ketones is 1. The van der Waals surface area contributed by atoms with Gasteiger partial charge in [0.1, 0.15) is 23.8 Å². The summed E-state index contributed by atoms with van der Waals surface area (Å²) >= 11 is 5.94. The van der Waals surface area contributed by atoms with Crippen molar-refractivity contribution in [2.45, 2.75) is 4.90 Å². The monoisotopic (exact) mass is 365 g/mol. The Hall–Kier alpha value is -2.25. The first kappa shape index (κ1) is 15.3. The van der Waals surface area contributed by atoms with Crippen LogP contribution in [0, 0.1) is 0 Å². The number of sulfonamides is 1. The van der Waals surface area contributed by atoms with Crippen molar-refractivity contribution in [3.63, 3.8) is 0 Å². The molecule has 0 radical (unpaired) electrons. The zero-order valence-electron chi connectivity index (χ0n) is 12.6. The number of benzene rings is 2. The van der Waals surface area contributed by atoms with E-state index in [2.05, 4.69) is 0 Å². The van der Waals surface area contributed by atoms with Crippen molar-refractivity contribution in [1.82, 2.24) is 0 Å². The standard InChI is InChI=1S/C16H12ClNO5S/c1-18-14-11(4-5-12-16(14)23-7-6-22-12)15(19)10-3-2-9(17)8-13(10)24(18,20)21/h2-5,8H,6-7H2,1H3. The van der Waals surface area contributed by atoms with Crippen LogP contribution in [-0.2, 0) is 10.0 Å². The van der Waals surface area contributed by atoms with Gasteiger partial charge in [-0.25, -0.2) is 8.42 Å². The van der Waals surface area contributed by atoms with Crippen LogP contribution in [0.4, 0.5) is 5.69 Å². The molecule has 0 unspecified atom stereocenters. The maximum absolute atomic E-state index is 13.0. The fraction of sp³-hybridized carbons (Fsp3) is 0.188. The summed E-state index contributed by atoms with van der Waals surface area (Å²) in [5.41, 5.74) is 0.512. The quantitative estimate of drug-likeness (QED) is 0.717. The van der Waals surface area contributed by atoms with Gasteiger partial charge in [-0.2, -0.15) is 0 Å². The molecule has 0 saturated carbocycles. The molecule has 0 N–H and O–H groups in total. The Morgan fingerprint density at radius 2 is 1.79 bits per heavy atom. The number of fused-ring (bicyclic) bond motifs is 4. The van der Waals surface area contributed by atoms with Gasteiger partial charge in [0.25, 0.3) is 10.0 Å². The molecule has 4 rings (SSSR count). The minimum atomic E-state index is -3.97. The molecule has 2 aliphatic rings. The van der Waals surface area contributed by atoms with Crippen LogP contribution in [0.3, 0.4) is 0 Å². The van der Waals surface area contributed by atoms with Crippen molar-refractivity contribution in [2.75, 3.05) is 24.6 Å². The molecule has 124 valence electrons. The van der Waals surface area contributed by atoms with E-state index in [0.717, 1.165) is 4.31 Å². The molecule has 0 atom stereocenters. The van der Waals surface area contributed by atoms with Gasteiger partial charge in [-0.15, -0.1) is 0 Å². The van der Waals surface area contributed by atoms with E-state index in [1.807, 2.05) is 0 Å². The number of carbonyl (C=O) groups is 1. The molecular formula is C16H12ClNO5S. The molecule has 2 aromatic carbocycles. The van der Waals surface area contributed by atoms with Gasteiger partial charge >= 0.3 is 0 Å². The smallest absolute Gasteiger partial charge is 0.265 e. The van der Waals surface area contributed by atoms with Gasteiger partial charge in [0.15, 0.2) is 17.3 Å². The molecule has 24 heavy (non-hydrogen) atoms. The Kier molecular flexibility index (Phi) is 3.26. The van der Waals surface area contributed by atoms with Crippen molar-refractivity contribution < 1.29 is 22.7 Å². The zero-order valence-corrected chi connectivity index (χ0v) is 14.1. The molecule has 2 aliphatic heterocycles. The molecule has 0 aliphatic carbocycles. The minimum Gasteiger partial charge on any atom is -0.486 e. The number of carbonyl (C=O) groups excluding carboxylic acids is 1. The van der Waals surface area contributed by atoms with Gasteiger partial charge in [-0.05, 0) is 30.3 Å². The second-order valence-electron chi connectivity index (χ2n) is 5.43. The molecule has 0 fully saturated rings. The van der Waals surface area contributed by atoms with E-state index in [4.69, 9.17) is 21.1 Å². The summed E-state index contributed by atoms with van der Waals surface area (Å²) in [5, 5.41) is 0.242. The number of nitrogens with zero attached hydrogens (tertiary/aromatic N) is 1. The second kappa shape index (κ2) is 5.12. The van der Waals surface area contributed by atoms with Crippen molar-refractivity contribution in [2.24, 2.45) is 0 Å². The molecule has 0 amide bonds. The first-order chi connectivity index (χ1) is 11.4. The lowest BCUT2D eigenvalue weighted by atomic mass is 10.0. The van der Waals surface area contributed by atoms with Crippen LogP contribution in [0.5, 0.6) is 11.5 Å². The first-order valence-electron chi connectivity index (χ1n) is 7.17. The van der Waals surface area contributed by atoms with Crippen LogP contribution >= 0.6 is 11.6 Å². The van der Waals surface area contributed by atoms with E-state index in [9.17, 15) is 13.2 Å². The fourth-order valence-corrected chi connectivity index (χ4v) is 4.57. The predicted molar refractivity (Wildman–Crippen MR) is 87.9 cm³/mol. The molecule has 0 bridgehead atoms. The summed E-state index contributed by atoms with van der Waals surface area (Å²) in [6.45, 7) is 0.649. The number of anilines is 1. The summed E-state index contributed by atoms with van der Waals surface area (Å²) in [4.78, 5) is 12.8. The zero-order chi connectivity index (χ0) is 17.1. The van der Waals surface area contributed by atoms with Crippen molar-refractivity contribution in [1.29, 1.82) is 0 Å². The van der Waals surface area contributed by atoms with Crippen LogP contribution < -0.4 is 13.8 Å². The predicted octanol–water partition coefficient (Wildman–Crippen LogP) is 2.48.